The molecule has 2 aromatic heterocycles. The molecule has 0 spiro atoms. The highest BCUT2D eigenvalue weighted by Crippen LogP contribution is 2.61. The zero-order valence-electron chi connectivity index (χ0n) is 19.6. The van der Waals surface area contributed by atoms with Crippen molar-refractivity contribution in [3.63, 3.8) is 0 Å². The topological polar surface area (TPSA) is 85.8 Å². The maximum absolute atomic E-state index is 12.6. The van der Waals surface area contributed by atoms with Crippen molar-refractivity contribution in [2.75, 3.05) is 11.1 Å². The van der Waals surface area contributed by atoms with Crippen LogP contribution in [-0.4, -0.2) is 20.9 Å². The molecule has 4 fully saturated rings. The summed E-state index contributed by atoms with van der Waals surface area (Å²) in [5, 5.41) is 13.7. The number of amides is 1. The summed E-state index contributed by atoms with van der Waals surface area (Å²) in [5.74, 6) is 2.89. The highest BCUT2D eigenvalue weighted by Gasteiger charge is 2.50. The van der Waals surface area contributed by atoms with E-state index in [4.69, 9.17) is 5.73 Å². The van der Waals surface area contributed by atoms with Crippen LogP contribution in [0.15, 0.2) is 41.9 Å². The van der Waals surface area contributed by atoms with Gasteiger partial charge in [0.15, 0.2) is 0 Å². The molecule has 4 aliphatic rings. The van der Waals surface area contributed by atoms with Gasteiger partial charge < -0.3 is 11.1 Å². The Balaban J connectivity index is 1.02. The average Bonchev–Trinajstić information content (AvgIpc) is 3.50. The van der Waals surface area contributed by atoms with Crippen molar-refractivity contribution >= 4 is 28.6 Å². The molecule has 2 heterocycles. The smallest absolute Gasteiger partial charge is 0.224 e. The average molecular weight is 476 g/mol. The molecule has 3 aromatic rings. The third-order valence-corrected chi connectivity index (χ3v) is 9.28. The van der Waals surface area contributed by atoms with Gasteiger partial charge in [0.05, 0.1) is 17.1 Å². The Morgan fingerprint density at radius 3 is 2.62 bits per heavy atom. The summed E-state index contributed by atoms with van der Waals surface area (Å²) in [6.45, 7) is 0.942. The number of nitrogen functional groups attached to an aromatic ring is 1. The number of hydrogen-bond donors (Lipinski definition) is 2. The summed E-state index contributed by atoms with van der Waals surface area (Å²) in [4.78, 5) is 13.8. The van der Waals surface area contributed by atoms with E-state index in [1.165, 1.54) is 44.9 Å². The van der Waals surface area contributed by atoms with Gasteiger partial charge >= 0.3 is 0 Å². The molecule has 4 saturated carbocycles. The zero-order valence-corrected chi connectivity index (χ0v) is 20.4. The summed E-state index contributed by atoms with van der Waals surface area (Å²) >= 11 is 1.67. The van der Waals surface area contributed by atoms with Gasteiger partial charge in [-0.15, -0.1) is 16.4 Å². The molecule has 0 saturated heterocycles. The lowest BCUT2D eigenvalue weighted by Crippen LogP contribution is -2.46. The Hall–Kier alpha value is -2.67. The van der Waals surface area contributed by atoms with Gasteiger partial charge in [-0.3, -0.25) is 9.48 Å². The van der Waals surface area contributed by atoms with Gasteiger partial charge in [0.1, 0.15) is 0 Å². The molecule has 7 rings (SSSR count). The van der Waals surface area contributed by atoms with Gasteiger partial charge in [-0.2, -0.15) is 0 Å². The molecular formula is C27H33N5OS. The summed E-state index contributed by atoms with van der Waals surface area (Å²) in [7, 11) is 0. The molecule has 4 bridgehead atoms. The Bertz CT molecular complexity index is 1130. The van der Waals surface area contributed by atoms with Crippen LogP contribution in [-0.2, 0) is 17.8 Å². The predicted octanol–water partition coefficient (Wildman–Crippen LogP) is 5.77. The van der Waals surface area contributed by atoms with Gasteiger partial charge in [-0.25, -0.2) is 0 Å². The number of nitrogens with one attached hydrogen (secondary N) is 1. The Labute approximate surface area is 204 Å². The summed E-state index contributed by atoms with van der Waals surface area (Å²) in [6, 6.07) is 9.86. The largest absolute Gasteiger partial charge is 0.397 e. The number of benzene rings is 1. The lowest BCUT2D eigenvalue weighted by Gasteiger charge is -2.57. The normalized spacial score (nSPS) is 27.2. The first-order valence-electron chi connectivity index (χ1n) is 12.7. The molecule has 4 aliphatic carbocycles. The van der Waals surface area contributed by atoms with Gasteiger partial charge in [0, 0.05) is 30.5 Å². The maximum Gasteiger partial charge on any atom is 0.224 e. The lowest BCUT2D eigenvalue weighted by atomic mass is 9.49. The Morgan fingerprint density at radius 2 is 1.91 bits per heavy atom. The van der Waals surface area contributed by atoms with Crippen LogP contribution in [0.2, 0.25) is 0 Å². The summed E-state index contributed by atoms with van der Waals surface area (Å²) < 4.78 is 1.99. The van der Waals surface area contributed by atoms with Crippen LogP contribution < -0.4 is 11.1 Å². The number of rotatable bonds is 8. The van der Waals surface area contributed by atoms with Crippen molar-refractivity contribution in [2.45, 2.75) is 64.3 Å². The van der Waals surface area contributed by atoms with Gasteiger partial charge in [-0.1, -0.05) is 17.3 Å². The van der Waals surface area contributed by atoms with Crippen LogP contribution in [0.4, 0.5) is 11.4 Å². The molecular weight excluding hydrogens is 442 g/mol. The lowest BCUT2D eigenvalue weighted by molar-refractivity contribution is -0.116. The van der Waals surface area contributed by atoms with Crippen LogP contribution in [0, 0.1) is 23.2 Å². The van der Waals surface area contributed by atoms with E-state index in [2.05, 4.69) is 21.7 Å². The minimum Gasteiger partial charge on any atom is -0.397 e. The quantitative estimate of drug-likeness (QED) is 0.405. The van der Waals surface area contributed by atoms with E-state index in [0.717, 1.165) is 40.4 Å². The number of carbonyl (C=O) groups is 1. The van der Waals surface area contributed by atoms with Crippen LogP contribution >= 0.6 is 11.3 Å². The second kappa shape index (κ2) is 8.84. The first-order valence-corrected chi connectivity index (χ1v) is 13.5. The van der Waals surface area contributed by atoms with Crippen LogP contribution in [0.5, 0.6) is 0 Å². The van der Waals surface area contributed by atoms with E-state index in [1.807, 2.05) is 40.5 Å². The second-order valence-electron chi connectivity index (χ2n) is 11.0. The molecule has 0 unspecified atom stereocenters. The third kappa shape index (κ3) is 4.50. The van der Waals surface area contributed by atoms with E-state index in [1.54, 1.807) is 11.3 Å². The fraction of sp³-hybridized carbons (Fsp3) is 0.519. The first-order chi connectivity index (χ1) is 16.5. The van der Waals surface area contributed by atoms with Crippen molar-refractivity contribution in [3.05, 3.63) is 47.6 Å². The summed E-state index contributed by atoms with van der Waals surface area (Å²) in [5.41, 5.74) is 9.83. The molecule has 1 amide bonds. The van der Waals surface area contributed by atoms with Gasteiger partial charge in [0.25, 0.3) is 0 Å². The molecule has 6 nitrogen and oxygen atoms in total. The number of aromatic nitrogens is 3. The van der Waals surface area contributed by atoms with Crippen molar-refractivity contribution in [2.24, 2.45) is 23.2 Å². The molecule has 34 heavy (non-hydrogen) atoms. The van der Waals surface area contributed by atoms with E-state index in [-0.39, 0.29) is 5.91 Å². The molecule has 1 aromatic carbocycles. The highest BCUT2D eigenvalue weighted by atomic mass is 32.1. The zero-order chi connectivity index (χ0) is 23.1. The summed E-state index contributed by atoms with van der Waals surface area (Å²) in [6.07, 6.45) is 12.9. The Morgan fingerprint density at radius 1 is 1.15 bits per heavy atom. The van der Waals surface area contributed by atoms with Crippen LogP contribution in [0.1, 0.15) is 57.1 Å². The van der Waals surface area contributed by atoms with Crippen molar-refractivity contribution < 1.29 is 4.79 Å². The van der Waals surface area contributed by atoms with E-state index in [9.17, 15) is 4.79 Å². The number of thiophene rings is 1. The van der Waals surface area contributed by atoms with E-state index >= 15 is 0 Å². The number of aryl methyl sites for hydroxylation is 2. The molecule has 0 radical (unpaired) electrons. The fourth-order valence-corrected chi connectivity index (χ4v) is 7.95. The third-order valence-electron chi connectivity index (χ3n) is 8.36. The monoisotopic (exact) mass is 475 g/mol. The SMILES string of the molecule is Nc1ccc(-c2cccs2)cc1NC(=O)CCc1cn(CCC23CC4CC(CC(C4)C2)C3)nn1. The minimum absolute atomic E-state index is 0.0573. The molecule has 3 N–H and O–H groups in total. The number of anilines is 2. The standard InChI is InChI=1S/C27H33N5OS/c28-23-5-3-21(25-2-1-9-34-25)13-24(23)29-26(33)6-4-22-17-32(31-30-22)8-7-27-14-18-10-19(15-27)12-20(11-18)16-27/h1-3,5,9,13,17-20H,4,6-8,10-12,14-16,28H2,(H,29,33). The molecule has 0 aliphatic heterocycles. The van der Waals surface area contributed by atoms with Crippen molar-refractivity contribution in [1.29, 1.82) is 0 Å². The maximum atomic E-state index is 12.6. The van der Waals surface area contributed by atoms with E-state index in [0.29, 0.717) is 29.6 Å². The fourth-order valence-electron chi connectivity index (χ4n) is 7.23. The number of hydrogen-bond acceptors (Lipinski definition) is 5. The van der Waals surface area contributed by atoms with Crippen LogP contribution in [0.25, 0.3) is 10.4 Å². The number of nitrogens with zero attached hydrogens (tertiary/aromatic N) is 3. The van der Waals surface area contributed by atoms with Crippen molar-refractivity contribution in [3.8, 4) is 10.4 Å². The minimum atomic E-state index is -0.0573. The predicted molar refractivity (Wildman–Crippen MR) is 136 cm³/mol. The molecule has 7 heteroatoms. The Kier molecular flexibility index (Phi) is 5.68. The number of carbonyl (C=O) groups excluding carboxylic acids is 1. The highest BCUT2D eigenvalue weighted by molar-refractivity contribution is 7.13. The van der Waals surface area contributed by atoms with Gasteiger partial charge in [0.2, 0.25) is 5.91 Å². The van der Waals surface area contributed by atoms with Crippen LogP contribution in [0.3, 0.4) is 0 Å². The second-order valence-corrected chi connectivity index (χ2v) is 11.9. The molecule has 0 atom stereocenters. The van der Waals surface area contributed by atoms with E-state index < -0.39 is 0 Å². The molecule has 178 valence electrons. The number of nitrogens with two attached hydrogens (primary N) is 1. The first kappa shape index (κ1) is 21.8. The van der Waals surface area contributed by atoms with Gasteiger partial charge in [-0.05, 0) is 97.3 Å². The van der Waals surface area contributed by atoms with Crippen molar-refractivity contribution in [1.82, 2.24) is 15.0 Å².